The number of carbonyl (C=O) groups is 1. The largest absolute Gasteiger partial charge is 0.496 e. The quantitative estimate of drug-likeness (QED) is 0.692. The lowest BCUT2D eigenvalue weighted by Crippen LogP contribution is -2.14. The van der Waals surface area contributed by atoms with Crippen LogP contribution in [0.3, 0.4) is 0 Å². The Morgan fingerprint density at radius 1 is 1.12 bits per heavy atom. The van der Waals surface area contributed by atoms with Gasteiger partial charge in [0.1, 0.15) is 5.75 Å². The van der Waals surface area contributed by atoms with Crippen molar-refractivity contribution in [1.29, 1.82) is 0 Å². The molecule has 1 amide bonds. The van der Waals surface area contributed by atoms with Gasteiger partial charge in [-0.15, -0.1) is 16.9 Å². The minimum absolute atomic E-state index is 0.0644. The number of carbonyl (C=O) groups excluding carboxylic acids is 1. The highest BCUT2D eigenvalue weighted by Gasteiger charge is 2.14. The first-order chi connectivity index (χ1) is 11.8. The summed E-state index contributed by atoms with van der Waals surface area (Å²) in [5, 5.41) is 10.4. The van der Waals surface area contributed by atoms with Crippen molar-refractivity contribution in [3.63, 3.8) is 0 Å². The molecule has 1 N–H and O–H groups in total. The molecule has 0 bridgehead atoms. The smallest absolute Gasteiger partial charge is 0.322 e. The predicted octanol–water partition coefficient (Wildman–Crippen LogP) is 3.48. The Labute approximate surface area is 143 Å². The molecule has 7 heteroatoms. The molecule has 2 aromatic carbocycles. The third kappa shape index (κ3) is 3.94. The van der Waals surface area contributed by atoms with E-state index in [1.807, 2.05) is 48.5 Å². The van der Waals surface area contributed by atoms with Gasteiger partial charge in [0, 0.05) is 4.90 Å². The van der Waals surface area contributed by atoms with E-state index in [1.54, 1.807) is 13.2 Å². The number of aromatic nitrogens is 2. The molecule has 0 aliphatic rings. The number of nitrogens with one attached hydrogen (secondary N) is 1. The molecule has 1 aromatic heterocycles. The van der Waals surface area contributed by atoms with Gasteiger partial charge < -0.3 is 9.15 Å². The molecule has 3 rings (SSSR count). The van der Waals surface area contributed by atoms with Crippen molar-refractivity contribution in [3.8, 4) is 17.2 Å². The molecule has 24 heavy (non-hydrogen) atoms. The van der Waals surface area contributed by atoms with Crippen molar-refractivity contribution in [1.82, 2.24) is 10.2 Å². The van der Waals surface area contributed by atoms with Gasteiger partial charge >= 0.3 is 6.01 Å². The van der Waals surface area contributed by atoms with Gasteiger partial charge in [0.05, 0.1) is 18.4 Å². The second-order valence-corrected chi connectivity index (χ2v) is 5.81. The lowest BCUT2D eigenvalue weighted by atomic mass is 10.2. The zero-order valence-electron chi connectivity index (χ0n) is 12.9. The van der Waals surface area contributed by atoms with Crippen LogP contribution in [0.5, 0.6) is 5.75 Å². The average molecular weight is 341 g/mol. The molecule has 0 aliphatic carbocycles. The molecule has 1 heterocycles. The molecule has 122 valence electrons. The number of hydrogen-bond donors (Lipinski definition) is 1. The highest BCUT2D eigenvalue weighted by Crippen LogP contribution is 2.29. The van der Waals surface area contributed by atoms with Gasteiger partial charge in [-0.2, -0.15) is 0 Å². The summed E-state index contributed by atoms with van der Waals surface area (Å²) in [5.74, 6) is 0.965. The third-order valence-electron chi connectivity index (χ3n) is 3.12. The first kappa shape index (κ1) is 16.1. The van der Waals surface area contributed by atoms with E-state index in [-0.39, 0.29) is 17.7 Å². The molecular formula is C17H15N3O3S. The maximum absolute atomic E-state index is 12.0. The number of nitrogens with zero attached hydrogens (tertiary/aromatic N) is 2. The number of amides is 1. The number of anilines is 1. The minimum Gasteiger partial charge on any atom is -0.496 e. The van der Waals surface area contributed by atoms with Crippen LogP contribution in [0, 0.1) is 0 Å². The van der Waals surface area contributed by atoms with Crippen LogP contribution in [0.15, 0.2) is 63.9 Å². The summed E-state index contributed by atoms with van der Waals surface area (Å²) >= 11 is 1.44. The summed E-state index contributed by atoms with van der Waals surface area (Å²) in [5.41, 5.74) is 0.673. The molecule has 0 saturated heterocycles. The van der Waals surface area contributed by atoms with Crippen LogP contribution in [-0.2, 0) is 4.79 Å². The van der Waals surface area contributed by atoms with E-state index in [0.29, 0.717) is 17.2 Å². The Kier molecular flexibility index (Phi) is 5.12. The Morgan fingerprint density at radius 2 is 1.88 bits per heavy atom. The van der Waals surface area contributed by atoms with E-state index < -0.39 is 0 Å². The number of thioether (sulfide) groups is 1. The van der Waals surface area contributed by atoms with Gasteiger partial charge in [-0.25, -0.2) is 0 Å². The third-order valence-corrected chi connectivity index (χ3v) is 4.13. The normalized spacial score (nSPS) is 10.4. The summed E-state index contributed by atoms with van der Waals surface area (Å²) in [6, 6.07) is 17.1. The highest BCUT2D eigenvalue weighted by molar-refractivity contribution is 8.00. The lowest BCUT2D eigenvalue weighted by molar-refractivity contribution is -0.113. The first-order valence-corrected chi connectivity index (χ1v) is 8.19. The Bertz CT molecular complexity index is 821. The number of benzene rings is 2. The van der Waals surface area contributed by atoms with E-state index >= 15 is 0 Å². The summed E-state index contributed by atoms with van der Waals surface area (Å²) in [4.78, 5) is 13.0. The summed E-state index contributed by atoms with van der Waals surface area (Å²) in [6.07, 6.45) is 0. The van der Waals surface area contributed by atoms with E-state index in [2.05, 4.69) is 15.5 Å². The van der Waals surface area contributed by atoms with Gasteiger partial charge in [0.15, 0.2) is 0 Å². The van der Waals surface area contributed by atoms with Crippen molar-refractivity contribution in [2.24, 2.45) is 0 Å². The Balaban J connectivity index is 1.62. The van der Waals surface area contributed by atoms with E-state index in [1.165, 1.54) is 11.8 Å². The molecule has 0 saturated carbocycles. The van der Waals surface area contributed by atoms with Gasteiger partial charge in [0.2, 0.25) is 5.91 Å². The summed E-state index contributed by atoms with van der Waals surface area (Å²) < 4.78 is 10.8. The number of rotatable bonds is 6. The Hall–Kier alpha value is -2.80. The van der Waals surface area contributed by atoms with Crippen LogP contribution in [0.1, 0.15) is 0 Å². The first-order valence-electron chi connectivity index (χ1n) is 7.21. The molecule has 6 nitrogen and oxygen atoms in total. The van der Waals surface area contributed by atoms with Crippen molar-refractivity contribution in [3.05, 3.63) is 54.6 Å². The SMILES string of the molecule is COc1ccccc1-c1nnc(NC(=O)CSc2ccccc2)o1. The van der Waals surface area contributed by atoms with E-state index in [0.717, 1.165) is 4.90 Å². The summed E-state index contributed by atoms with van der Waals surface area (Å²) in [6.45, 7) is 0. The number of ether oxygens (including phenoxy) is 1. The van der Waals surface area contributed by atoms with Gasteiger partial charge in [0.25, 0.3) is 5.89 Å². The fraction of sp³-hybridized carbons (Fsp3) is 0.118. The van der Waals surface area contributed by atoms with E-state index in [4.69, 9.17) is 9.15 Å². The van der Waals surface area contributed by atoms with Crippen molar-refractivity contribution in [2.75, 3.05) is 18.2 Å². The van der Waals surface area contributed by atoms with Gasteiger partial charge in [-0.3, -0.25) is 10.1 Å². The molecular weight excluding hydrogens is 326 g/mol. The average Bonchev–Trinajstić information content (AvgIpc) is 3.09. The standard InChI is InChI=1S/C17H15N3O3S/c1-22-14-10-6-5-9-13(14)16-19-20-17(23-16)18-15(21)11-24-12-7-3-2-4-8-12/h2-10H,11H2,1H3,(H,18,20,21). The van der Waals surface area contributed by atoms with Crippen LogP contribution in [0.4, 0.5) is 6.01 Å². The second kappa shape index (κ2) is 7.65. The van der Waals surface area contributed by atoms with Crippen LogP contribution in [0.2, 0.25) is 0 Å². The lowest BCUT2D eigenvalue weighted by Gasteiger charge is -2.03. The number of methoxy groups -OCH3 is 1. The molecule has 0 aliphatic heterocycles. The van der Waals surface area contributed by atoms with Crippen molar-refractivity contribution in [2.45, 2.75) is 4.90 Å². The molecule has 3 aromatic rings. The molecule has 0 spiro atoms. The second-order valence-electron chi connectivity index (χ2n) is 4.76. The van der Waals surface area contributed by atoms with Crippen LogP contribution < -0.4 is 10.1 Å². The van der Waals surface area contributed by atoms with Gasteiger partial charge in [-0.05, 0) is 24.3 Å². The fourth-order valence-electron chi connectivity index (χ4n) is 2.02. The van der Waals surface area contributed by atoms with Crippen molar-refractivity contribution >= 4 is 23.7 Å². The molecule has 0 atom stereocenters. The zero-order chi connectivity index (χ0) is 16.8. The molecule has 0 radical (unpaired) electrons. The molecule has 0 unspecified atom stereocenters. The predicted molar refractivity (Wildman–Crippen MR) is 92.1 cm³/mol. The highest BCUT2D eigenvalue weighted by atomic mass is 32.2. The maximum Gasteiger partial charge on any atom is 0.322 e. The Morgan fingerprint density at radius 3 is 2.67 bits per heavy atom. The van der Waals surface area contributed by atoms with Crippen molar-refractivity contribution < 1.29 is 13.9 Å². The number of hydrogen-bond acceptors (Lipinski definition) is 6. The van der Waals surface area contributed by atoms with E-state index in [9.17, 15) is 4.79 Å². The topological polar surface area (TPSA) is 77.3 Å². The summed E-state index contributed by atoms with van der Waals surface area (Å²) in [7, 11) is 1.57. The fourth-order valence-corrected chi connectivity index (χ4v) is 2.74. The molecule has 0 fully saturated rings. The minimum atomic E-state index is -0.209. The monoisotopic (exact) mass is 341 g/mol. The number of para-hydroxylation sites is 1. The van der Waals surface area contributed by atoms with Gasteiger partial charge in [-0.1, -0.05) is 35.4 Å². The van der Waals surface area contributed by atoms with Crippen LogP contribution >= 0.6 is 11.8 Å². The van der Waals surface area contributed by atoms with Crippen LogP contribution in [-0.4, -0.2) is 29.0 Å². The maximum atomic E-state index is 12.0. The zero-order valence-corrected chi connectivity index (χ0v) is 13.7. The van der Waals surface area contributed by atoms with Crippen LogP contribution in [0.25, 0.3) is 11.5 Å².